The third kappa shape index (κ3) is 2.16. The molecule has 0 saturated carbocycles. The first-order valence-electron chi connectivity index (χ1n) is 7.12. The molecule has 2 aliphatic heterocycles. The maximum absolute atomic E-state index is 12.5. The molecule has 6 nitrogen and oxygen atoms in total. The Morgan fingerprint density at radius 3 is 2.52 bits per heavy atom. The topological polar surface area (TPSA) is 72.9 Å². The lowest BCUT2D eigenvalue weighted by Gasteiger charge is -2.20. The lowest BCUT2D eigenvalue weighted by atomic mass is 10.1. The molecule has 0 aliphatic carbocycles. The number of hydrogen-bond donors (Lipinski definition) is 0. The first-order valence-corrected chi connectivity index (χ1v) is 8.56. The Morgan fingerprint density at radius 2 is 1.74 bits per heavy atom. The van der Waals surface area contributed by atoms with E-state index in [2.05, 4.69) is 0 Å². The van der Waals surface area contributed by atoms with Crippen molar-refractivity contribution in [2.45, 2.75) is 11.4 Å². The van der Waals surface area contributed by atoms with E-state index in [9.17, 15) is 13.2 Å². The Kier molecular flexibility index (Phi) is 3.05. The Labute approximate surface area is 133 Å². The van der Waals surface area contributed by atoms with Crippen molar-refractivity contribution in [3.05, 3.63) is 53.6 Å². The van der Waals surface area contributed by atoms with Crippen molar-refractivity contribution >= 4 is 15.9 Å². The summed E-state index contributed by atoms with van der Waals surface area (Å²) in [6, 6.07) is 11.4. The minimum Gasteiger partial charge on any atom is -0.486 e. The molecular formula is C16H13NO5S. The minimum absolute atomic E-state index is 0.0352. The zero-order valence-corrected chi connectivity index (χ0v) is 12.9. The highest BCUT2D eigenvalue weighted by Gasteiger charge is 2.40. The highest BCUT2D eigenvalue weighted by Crippen LogP contribution is 2.34. The number of ether oxygens (including phenoxy) is 2. The molecule has 1 amide bonds. The van der Waals surface area contributed by atoms with Crippen LogP contribution < -0.4 is 9.47 Å². The molecule has 118 valence electrons. The molecule has 0 unspecified atom stereocenters. The lowest BCUT2D eigenvalue weighted by Crippen LogP contribution is -2.29. The van der Waals surface area contributed by atoms with Crippen LogP contribution in [0.5, 0.6) is 11.5 Å². The Hall–Kier alpha value is -2.54. The third-order valence-electron chi connectivity index (χ3n) is 3.84. The number of carbonyl (C=O) groups excluding carboxylic acids is 1. The summed E-state index contributed by atoms with van der Waals surface area (Å²) in [4.78, 5) is 12.5. The predicted molar refractivity (Wildman–Crippen MR) is 80.9 cm³/mol. The SMILES string of the molecule is O=C1c2ccccc2S(=O)(=O)N1Cc1ccc2c(c1)OCCO2. The van der Waals surface area contributed by atoms with Crippen LogP contribution in [0.2, 0.25) is 0 Å². The number of amides is 1. The van der Waals surface area contributed by atoms with Crippen molar-refractivity contribution in [1.82, 2.24) is 4.31 Å². The lowest BCUT2D eigenvalue weighted by molar-refractivity contribution is 0.0864. The molecule has 0 atom stereocenters. The van der Waals surface area contributed by atoms with Crippen LogP contribution in [0.1, 0.15) is 15.9 Å². The van der Waals surface area contributed by atoms with Crippen molar-refractivity contribution < 1.29 is 22.7 Å². The zero-order valence-electron chi connectivity index (χ0n) is 12.1. The van der Waals surface area contributed by atoms with Gasteiger partial charge in [-0.15, -0.1) is 0 Å². The summed E-state index contributed by atoms with van der Waals surface area (Å²) in [6.45, 7) is 0.899. The molecule has 0 saturated heterocycles. The zero-order chi connectivity index (χ0) is 16.0. The number of sulfonamides is 1. The van der Waals surface area contributed by atoms with Gasteiger partial charge in [-0.05, 0) is 29.8 Å². The van der Waals surface area contributed by atoms with Gasteiger partial charge in [-0.25, -0.2) is 12.7 Å². The van der Waals surface area contributed by atoms with E-state index in [1.165, 1.54) is 12.1 Å². The average Bonchev–Trinajstić information content (AvgIpc) is 2.76. The van der Waals surface area contributed by atoms with Crippen molar-refractivity contribution in [2.75, 3.05) is 13.2 Å². The van der Waals surface area contributed by atoms with Gasteiger partial charge in [-0.2, -0.15) is 0 Å². The van der Waals surface area contributed by atoms with Crippen LogP contribution in [0.3, 0.4) is 0 Å². The van der Waals surface area contributed by atoms with Gasteiger partial charge in [-0.3, -0.25) is 4.79 Å². The summed E-state index contributed by atoms with van der Waals surface area (Å²) in [5.41, 5.74) is 0.879. The molecule has 4 rings (SSSR count). The summed E-state index contributed by atoms with van der Waals surface area (Å²) >= 11 is 0. The number of fused-ring (bicyclic) bond motifs is 2. The molecule has 0 bridgehead atoms. The molecule has 23 heavy (non-hydrogen) atoms. The normalized spacial score (nSPS) is 17.9. The summed E-state index contributed by atoms with van der Waals surface area (Å²) < 4.78 is 36.9. The van der Waals surface area contributed by atoms with Crippen LogP contribution >= 0.6 is 0 Å². The van der Waals surface area contributed by atoms with Gasteiger partial charge in [0.1, 0.15) is 18.1 Å². The third-order valence-corrected chi connectivity index (χ3v) is 5.63. The fraction of sp³-hybridized carbons (Fsp3) is 0.188. The van der Waals surface area contributed by atoms with Gasteiger partial charge in [0.25, 0.3) is 15.9 Å². The van der Waals surface area contributed by atoms with Gasteiger partial charge in [0, 0.05) is 0 Å². The average molecular weight is 331 g/mol. The number of hydrogen-bond acceptors (Lipinski definition) is 5. The summed E-state index contributed by atoms with van der Waals surface area (Å²) in [5.74, 6) is 0.685. The molecule has 2 aliphatic rings. The summed E-state index contributed by atoms with van der Waals surface area (Å²) in [7, 11) is -3.80. The quantitative estimate of drug-likeness (QED) is 0.839. The second-order valence-electron chi connectivity index (χ2n) is 5.29. The fourth-order valence-electron chi connectivity index (χ4n) is 2.74. The van der Waals surface area contributed by atoms with Crippen LogP contribution in [0, 0.1) is 0 Å². The van der Waals surface area contributed by atoms with Crippen LogP contribution in [-0.2, 0) is 16.6 Å². The Balaban J connectivity index is 1.69. The van der Waals surface area contributed by atoms with E-state index in [0.717, 1.165) is 4.31 Å². The number of benzene rings is 2. The highest BCUT2D eigenvalue weighted by molar-refractivity contribution is 7.90. The predicted octanol–water partition coefficient (Wildman–Crippen LogP) is 1.80. The fourth-order valence-corrected chi connectivity index (χ4v) is 4.30. The maximum Gasteiger partial charge on any atom is 0.269 e. The molecule has 0 spiro atoms. The van der Waals surface area contributed by atoms with Crippen LogP contribution in [0.15, 0.2) is 47.4 Å². The number of nitrogens with zero attached hydrogens (tertiary/aromatic N) is 1. The van der Waals surface area contributed by atoms with E-state index in [1.54, 1.807) is 30.3 Å². The molecule has 7 heteroatoms. The maximum atomic E-state index is 12.5. The smallest absolute Gasteiger partial charge is 0.269 e. The van der Waals surface area contributed by atoms with Crippen LogP contribution in [0.25, 0.3) is 0 Å². The van der Waals surface area contributed by atoms with E-state index < -0.39 is 15.9 Å². The number of carbonyl (C=O) groups is 1. The van der Waals surface area contributed by atoms with Crippen molar-refractivity contribution in [3.8, 4) is 11.5 Å². The van der Waals surface area contributed by atoms with Crippen molar-refractivity contribution in [2.24, 2.45) is 0 Å². The van der Waals surface area contributed by atoms with Gasteiger partial charge >= 0.3 is 0 Å². The van der Waals surface area contributed by atoms with Gasteiger partial charge in [-0.1, -0.05) is 18.2 Å². The summed E-state index contributed by atoms with van der Waals surface area (Å²) in [6.07, 6.45) is 0. The molecular weight excluding hydrogens is 318 g/mol. The highest BCUT2D eigenvalue weighted by atomic mass is 32.2. The van der Waals surface area contributed by atoms with E-state index in [4.69, 9.17) is 9.47 Å². The largest absolute Gasteiger partial charge is 0.486 e. The number of rotatable bonds is 2. The molecule has 0 radical (unpaired) electrons. The molecule has 0 fully saturated rings. The first-order chi connectivity index (χ1) is 11.1. The second kappa shape index (κ2) is 4.99. The van der Waals surface area contributed by atoms with Gasteiger partial charge in [0.05, 0.1) is 12.1 Å². The van der Waals surface area contributed by atoms with Gasteiger partial charge < -0.3 is 9.47 Å². The van der Waals surface area contributed by atoms with Gasteiger partial charge in [0.2, 0.25) is 0 Å². The van der Waals surface area contributed by atoms with Crippen molar-refractivity contribution in [1.29, 1.82) is 0 Å². The van der Waals surface area contributed by atoms with Crippen LogP contribution in [0.4, 0.5) is 0 Å². The van der Waals surface area contributed by atoms with Crippen LogP contribution in [-0.4, -0.2) is 31.8 Å². The molecule has 0 aromatic heterocycles. The molecule has 2 heterocycles. The van der Waals surface area contributed by atoms with Crippen molar-refractivity contribution in [3.63, 3.8) is 0 Å². The standard InChI is InChI=1S/C16H13NO5S/c18-16-12-3-1-2-4-15(12)23(19,20)17(16)10-11-5-6-13-14(9-11)22-8-7-21-13/h1-6,9H,7-8,10H2. The monoisotopic (exact) mass is 331 g/mol. The summed E-state index contributed by atoms with van der Waals surface area (Å²) in [5, 5.41) is 0. The molecule has 2 aromatic rings. The van der Waals surface area contributed by atoms with E-state index in [-0.39, 0.29) is 17.0 Å². The Morgan fingerprint density at radius 1 is 1.00 bits per heavy atom. The van der Waals surface area contributed by atoms with E-state index >= 15 is 0 Å². The first kappa shape index (κ1) is 14.1. The second-order valence-corrected chi connectivity index (χ2v) is 7.12. The molecule has 0 N–H and O–H groups in total. The van der Waals surface area contributed by atoms with Gasteiger partial charge in [0.15, 0.2) is 11.5 Å². The Bertz CT molecular complexity index is 906. The van der Waals surface area contributed by atoms with E-state index in [0.29, 0.717) is 30.3 Å². The minimum atomic E-state index is -3.80. The molecule has 2 aromatic carbocycles. The van der Waals surface area contributed by atoms with E-state index in [1.807, 2.05) is 0 Å².